The summed E-state index contributed by atoms with van der Waals surface area (Å²) in [4.78, 5) is 7.80. The number of benzene rings is 2. The molecule has 1 unspecified atom stereocenters. The number of methoxy groups -OCH3 is 1. The van der Waals surface area contributed by atoms with Crippen molar-refractivity contribution in [1.29, 1.82) is 0 Å². The van der Waals surface area contributed by atoms with Crippen molar-refractivity contribution in [3.63, 3.8) is 0 Å². The molecule has 4 rings (SSSR count). The van der Waals surface area contributed by atoms with Crippen LogP contribution in [0.2, 0.25) is 0 Å². The molecule has 2 heterocycles. The number of fused-ring (bicyclic) bond motifs is 1. The Labute approximate surface area is 157 Å². The summed E-state index contributed by atoms with van der Waals surface area (Å²) in [6.45, 7) is 0.191. The predicted molar refractivity (Wildman–Crippen MR) is 108 cm³/mol. The van der Waals surface area contributed by atoms with E-state index < -0.39 is 6.10 Å². The van der Waals surface area contributed by atoms with Gasteiger partial charge >= 0.3 is 0 Å². The number of hydrogen-bond donors (Lipinski definition) is 3. The highest BCUT2D eigenvalue weighted by molar-refractivity contribution is 5.97. The summed E-state index contributed by atoms with van der Waals surface area (Å²) in [6, 6.07) is 17.8. The van der Waals surface area contributed by atoms with Gasteiger partial charge in [0.1, 0.15) is 11.4 Å². The third-order valence-corrected chi connectivity index (χ3v) is 4.76. The molecule has 4 aromatic rings. The molecule has 0 aliphatic carbocycles. The molecule has 0 spiro atoms. The minimum atomic E-state index is -0.668. The van der Waals surface area contributed by atoms with Gasteiger partial charge in [-0.15, -0.1) is 0 Å². The number of hydrogen-bond acceptors (Lipinski definition) is 4. The highest BCUT2D eigenvalue weighted by Gasteiger charge is 2.13. The third-order valence-electron chi connectivity index (χ3n) is 4.76. The number of nitrogens with one attached hydrogen (secondary N) is 1. The summed E-state index contributed by atoms with van der Waals surface area (Å²) in [7, 11) is 1.67. The molecule has 1 atom stereocenters. The van der Waals surface area contributed by atoms with E-state index in [-0.39, 0.29) is 6.54 Å². The molecule has 0 bridgehead atoms. The normalized spacial score (nSPS) is 12.3. The van der Waals surface area contributed by atoms with Crippen molar-refractivity contribution in [2.24, 2.45) is 5.73 Å². The summed E-state index contributed by atoms with van der Waals surface area (Å²) in [6.07, 6.45) is 3.12. The van der Waals surface area contributed by atoms with Gasteiger partial charge in [-0.1, -0.05) is 36.4 Å². The Morgan fingerprint density at radius 2 is 1.93 bits per heavy atom. The van der Waals surface area contributed by atoms with Crippen molar-refractivity contribution in [2.45, 2.75) is 6.10 Å². The Morgan fingerprint density at radius 1 is 1.07 bits per heavy atom. The van der Waals surface area contributed by atoms with Gasteiger partial charge in [-0.3, -0.25) is 0 Å². The van der Waals surface area contributed by atoms with Crippen molar-refractivity contribution in [2.75, 3.05) is 13.7 Å². The molecule has 5 heteroatoms. The summed E-state index contributed by atoms with van der Waals surface area (Å²) >= 11 is 0. The topological polar surface area (TPSA) is 84.2 Å². The maximum absolute atomic E-state index is 10.0. The van der Waals surface area contributed by atoms with Gasteiger partial charge in [0.15, 0.2) is 0 Å². The first-order chi connectivity index (χ1) is 13.2. The number of rotatable bonds is 5. The van der Waals surface area contributed by atoms with Crippen molar-refractivity contribution in [3.8, 4) is 28.0 Å². The molecule has 0 aliphatic heterocycles. The van der Waals surface area contributed by atoms with E-state index in [9.17, 15) is 5.11 Å². The first-order valence-corrected chi connectivity index (χ1v) is 8.80. The van der Waals surface area contributed by atoms with Crippen molar-refractivity contribution >= 4 is 11.0 Å². The molecule has 2 aromatic carbocycles. The van der Waals surface area contributed by atoms with Crippen LogP contribution in [0.3, 0.4) is 0 Å². The highest BCUT2D eigenvalue weighted by Crippen LogP contribution is 2.36. The highest BCUT2D eigenvalue weighted by atomic mass is 16.5. The lowest BCUT2D eigenvalue weighted by Crippen LogP contribution is -2.11. The number of pyridine rings is 1. The maximum Gasteiger partial charge on any atom is 0.137 e. The van der Waals surface area contributed by atoms with Crippen LogP contribution in [0.4, 0.5) is 0 Å². The fourth-order valence-electron chi connectivity index (χ4n) is 3.31. The van der Waals surface area contributed by atoms with Gasteiger partial charge < -0.3 is 20.6 Å². The number of aliphatic hydroxyl groups is 1. The lowest BCUT2D eigenvalue weighted by Gasteiger charge is -2.10. The second kappa shape index (κ2) is 7.23. The van der Waals surface area contributed by atoms with Crippen LogP contribution >= 0.6 is 0 Å². The molecule has 0 fully saturated rings. The van der Waals surface area contributed by atoms with Gasteiger partial charge in [-0.25, -0.2) is 4.98 Å². The van der Waals surface area contributed by atoms with E-state index in [2.05, 4.69) is 16.0 Å². The van der Waals surface area contributed by atoms with E-state index in [0.29, 0.717) is 0 Å². The van der Waals surface area contributed by atoms with E-state index in [0.717, 1.165) is 44.6 Å². The molecule has 136 valence electrons. The van der Waals surface area contributed by atoms with Crippen molar-refractivity contribution in [1.82, 2.24) is 9.97 Å². The predicted octanol–water partition coefficient (Wildman–Crippen LogP) is 3.90. The number of aromatic amines is 1. The van der Waals surface area contributed by atoms with Crippen LogP contribution in [0.15, 0.2) is 67.0 Å². The minimum Gasteiger partial charge on any atom is -0.496 e. The molecule has 0 radical (unpaired) electrons. The fourth-order valence-corrected chi connectivity index (χ4v) is 3.31. The number of para-hydroxylation sites is 1. The van der Waals surface area contributed by atoms with Crippen LogP contribution in [0, 0.1) is 0 Å². The van der Waals surface area contributed by atoms with Gasteiger partial charge in [0.05, 0.1) is 13.2 Å². The van der Waals surface area contributed by atoms with Crippen LogP contribution in [0.5, 0.6) is 5.75 Å². The van der Waals surface area contributed by atoms with Gasteiger partial charge in [-0.05, 0) is 29.3 Å². The first-order valence-electron chi connectivity index (χ1n) is 8.80. The zero-order valence-corrected chi connectivity index (χ0v) is 15.0. The average molecular weight is 359 g/mol. The molecule has 27 heavy (non-hydrogen) atoms. The Balaban J connectivity index is 1.84. The van der Waals surface area contributed by atoms with Gasteiger partial charge in [-0.2, -0.15) is 0 Å². The second-order valence-electron chi connectivity index (χ2n) is 6.40. The number of nitrogens with two attached hydrogens (primary N) is 1. The molecule has 0 saturated heterocycles. The summed E-state index contributed by atoms with van der Waals surface area (Å²) in [5.74, 6) is 0.817. The molecule has 0 amide bonds. The minimum absolute atomic E-state index is 0.191. The number of nitrogens with zero attached hydrogens (tertiary/aromatic N) is 1. The fraction of sp³-hybridized carbons (Fsp3) is 0.136. The van der Waals surface area contributed by atoms with Crippen molar-refractivity contribution in [3.05, 3.63) is 72.6 Å². The summed E-state index contributed by atoms with van der Waals surface area (Å²) < 4.78 is 5.51. The van der Waals surface area contributed by atoms with E-state index in [1.54, 1.807) is 7.11 Å². The largest absolute Gasteiger partial charge is 0.496 e. The second-order valence-corrected chi connectivity index (χ2v) is 6.40. The number of aliphatic hydroxyl groups excluding tert-OH is 1. The molecular weight excluding hydrogens is 338 g/mol. The number of aromatic nitrogens is 2. The van der Waals surface area contributed by atoms with Gasteiger partial charge in [0, 0.05) is 41.0 Å². The molecule has 2 aromatic heterocycles. The van der Waals surface area contributed by atoms with E-state index in [1.165, 1.54) is 0 Å². The van der Waals surface area contributed by atoms with Crippen LogP contribution in [-0.4, -0.2) is 28.7 Å². The Hall–Kier alpha value is -3.15. The molecule has 4 N–H and O–H groups in total. The average Bonchev–Trinajstić information content (AvgIpc) is 3.16. The molecule has 5 nitrogen and oxygen atoms in total. The molecule has 0 aliphatic rings. The Bertz CT molecular complexity index is 1090. The van der Waals surface area contributed by atoms with E-state index in [4.69, 9.17) is 10.5 Å². The van der Waals surface area contributed by atoms with Gasteiger partial charge in [0.25, 0.3) is 0 Å². The molecular formula is C22H21N3O2. The number of H-pyrrole nitrogens is 1. The standard InChI is InChI=1S/C22H21N3O2/c1-27-21-8-3-2-7-17(21)19-13-25-22-18(19)10-16(12-24-22)14-5-4-6-15(9-14)20(26)11-23/h2-10,12-13,20,26H,11,23H2,1H3,(H,24,25). The Morgan fingerprint density at radius 3 is 2.74 bits per heavy atom. The monoisotopic (exact) mass is 359 g/mol. The number of ether oxygens (including phenoxy) is 1. The van der Waals surface area contributed by atoms with Crippen LogP contribution in [0.25, 0.3) is 33.3 Å². The van der Waals surface area contributed by atoms with Crippen LogP contribution in [-0.2, 0) is 0 Å². The van der Waals surface area contributed by atoms with Crippen LogP contribution in [0.1, 0.15) is 11.7 Å². The maximum atomic E-state index is 10.0. The zero-order chi connectivity index (χ0) is 18.8. The SMILES string of the molecule is COc1ccccc1-c1c[nH]c2ncc(-c3cccc(C(O)CN)c3)cc12. The Kier molecular flexibility index (Phi) is 4.62. The lowest BCUT2D eigenvalue weighted by molar-refractivity contribution is 0.187. The third kappa shape index (κ3) is 3.18. The van der Waals surface area contributed by atoms with Gasteiger partial charge in [0.2, 0.25) is 0 Å². The molecule has 0 saturated carbocycles. The zero-order valence-electron chi connectivity index (χ0n) is 15.0. The quantitative estimate of drug-likeness (QED) is 0.505. The first kappa shape index (κ1) is 17.3. The van der Waals surface area contributed by atoms with Crippen LogP contribution < -0.4 is 10.5 Å². The van der Waals surface area contributed by atoms with E-state index >= 15 is 0 Å². The smallest absolute Gasteiger partial charge is 0.137 e. The summed E-state index contributed by atoms with van der Waals surface area (Å²) in [5, 5.41) is 11.0. The van der Waals surface area contributed by atoms with Crippen molar-refractivity contribution < 1.29 is 9.84 Å². The summed E-state index contributed by atoms with van der Waals surface area (Å²) in [5.41, 5.74) is 11.2. The van der Waals surface area contributed by atoms with E-state index in [1.807, 2.05) is 60.9 Å². The lowest BCUT2D eigenvalue weighted by atomic mass is 9.99.